The van der Waals surface area contributed by atoms with E-state index in [4.69, 9.17) is 4.74 Å². The highest BCUT2D eigenvalue weighted by Gasteiger charge is 2.27. The zero-order valence-electron chi connectivity index (χ0n) is 16.5. The van der Waals surface area contributed by atoms with Gasteiger partial charge in [-0.05, 0) is 77.4 Å². The summed E-state index contributed by atoms with van der Waals surface area (Å²) in [6, 6.07) is 2.17. The SMILES string of the molecule is CC(C)(C)OC(=O)C1=CCC=C(CNC2CCC(NC3CC3)CC2)C=C1. The van der Waals surface area contributed by atoms with Crippen molar-refractivity contribution >= 4 is 5.97 Å². The van der Waals surface area contributed by atoms with Crippen molar-refractivity contribution in [3.63, 3.8) is 0 Å². The maximum Gasteiger partial charge on any atom is 0.338 e. The molecule has 0 heterocycles. The lowest BCUT2D eigenvalue weighted by atomic mass is 9.91. The third-order valence-corrected chi connectivity index (χ3v) is 5.20. The Labute approximate surface area is 158 Å². The Bertz CT molecular complexity index is 586. The summed E-state index contributed by atoms with van der Waals surface area (Å²) in [5, 5.41) is 7.46. The van der Waals surface area contributed by atoms with Crippen LogP contribution < -0.4 is 10.6 Å². The first kappa shape index (κ1) is 19.4. The van der Waals surface area contributed by atoms with Gasteiger partial charge < -0.3 is 15.4 Å². The molecule has 2 N–H and O–H groups in total. The van der Waals surface area contributed by atoms with Gasteiger partial charge in [0.05, 0.1) is 5.57 Å². The Kier molecular flexibility index (Phi) is 6.36. The molecule has 144 valence electrons. The fraction of sp³-hybridized carbons (Fsp3) is 0.682. The Balaban J connectivity index is 1.40. The molecule has 0 radical (unpaired) electrons. The summed E-state index contributed by atoms with van der Waals surface area (Å²) < 4.78 is 5.46. The molecule has 3 aliphatic carbocycles. The Morgan fingerprint density at radius 1 is 1.00 bits per heavy atom. The smallest absolute Gasteiger partial charge is 0.338 e. The molecule has 26 heavy (non-hydrogen) atoms. The molecule has 0 aromatic heterocycles. The summed E-state index contributed by atoms with van der Waals surface area (Å²) in [4.78, 5) is 12.2. The molecular formula is C22H34N2O2. The van der Waals surface area contributed by atoms with Crippen LogP contribution in [-0.2, 0) is 9.53 Å². The number of nitrogens with one attached hydrogen (secondary N) is 2. The summed E-state index contributed by atoms with van der Waals surface area (Å²) in [6.07, 6.45) is 16.7. The van der Waals surface area contributed by atoms with Gasteiger partial charge in [-0.15, -0.1) is 0 Å². The van der Waals surface area contributed by atoms with Gasteiger partial charge in [-0.1, -0.05) is 18.2 Å². The maximum atomic E-state index is 12.2. The highest BCUT2D eigenvalue weighted by atomic mass is 16.6. The standard InChI is InChI=1S/C22H34N2O2/c1-22(2,3)26-21(25)17-6-4-5-16(7-8-17)15-23-18-9-11-19(12-10-18)24-20-13-14-20/h5-8,18-20,23-24H,4,9-15H2,1-3H3. The molecule has 0 aromatic rings. The lowest BCUT2D eigenvalue weighted by molar-refractivity contribution is -0.149. The Morgan fingerprint density at radius 3 is 2.23 bits per heavy atom. The van der Waals surface area contributed by atoms with Crippen LogP contribution in [0.15, 0.2) is 35.5 Å². The van der Waals surface area contributed by atoms with E-state index in [2.05, 4.69) is 22.8 Å². The van der Waals surface area contributed by atoms with Crippen LogP contribution in [0, 0.1) is 0 Å². The average molecular weight is 359 g/mol. The molecule has 0 atom stereocenters. The van der Waals surface area contributed by atoms with Crippen molar-refractivity contribution in [1.82, 2.24) is 10.6 Å². The second kappa shape index (κ2) is 8.53. The third kappa shape index (κ3) is 6.40. The first-order valence-corrected chi connectivity index (χ1v) is 10.2. The van der Waals surface area contributed by atoms with E-state index in [-0.39, 0.29) is 5.97 Å². The average Bonchev–Trinajstić information content (AvgIpc) is 3.39. The summed E-state index contributed by atoms with van der Waals surface area (Å²) >= 11 is 0. The van der Waals surface area contributed by atoms with E-state index in [9.17, 15) is 4.79 Å². The first-order chi connectivity index (χ1) is 12.4. The fourth-order valence-corrected chi connectivity index (χ4v) is 3.60. The molecule has 3 aliphatic rings. The third-order valence-electron chi connectivity index (χ3n) is 5.20. The van der Waals surface area contributed by atoms with E-state index >= 15 is 0 Å². The molecule has 2 saturated carbocycles. The van der Waals surface area contributed by atoms with Gasteiger partial charge in [0.15, 0.2) is 0 Å². The van der Waals surface area contributed by atoms with Crippen LogP contribution in [0.4, 0.5) is 0 Å². The molecule has 0 amide bonds. The highest BCUT2D eigenvalue weighted by Crippen LogP contribution is 2.25. The first-order valence-electron chi connectivity index (χ1n) is 10.2. The van der Waals surface area contributed by atoms with Crippen LogP contribution in [0.2, 0.25) is 0 Å². The predicted molar refractivity (Wildman–Crippen MR) is 106 cm³/mol. The van der Waals surface area contributed by atoms with Crippen molar-refractivity contribution < 1.29 is 9.53 Å². The summed E-state index contributed by atoms with van der Waals surface area (Å²) in [5.74, 6) is -0.238. The zero-order chi connectivity index (χ0) is 18.6. The van der Waals surface area contributed by atoms with Crippen molar-refractivity contribution in [3.05, 3.63) is 35.5 Å². The van der Waals surface area contributed by atoms with E-state index in [0.29, 0.717) is 11.6 Å². The van der Waals surface area contributed by atoms with Gasteiger partial charge in [0, 0.05) is 24.7 Å². The van der Waals surface area contributed by atoms with Crippen LogP contribution in [0.25, 0.3) is 0 Å². The minimum absolute atomic E-state index is 0.238. The molecule has 0 bridgehead atoms. The van der Waals surface area contributed by atoms with E-state index in [1.165, 1.54) is 44.1 Å². The van der Waals surface area contributed by atoms with Crippen molar-refractivity contribution in [2.75, 3.05) is 6.54 Å². The Hall–Kier alpha value is -1.39. The van der Waals surface area contributed by atoms with Gasteiger partial charge in [-0.2, -0.15) is 0 Å². The molecule has 0 saturated heterocycles. The minimum Gasteiger partial charge on any atom is -0.456 e. The lowest BCUT2D eigenvalue weighted by Crippen LogP contribution is -2.41. The minimum atomic E-state index is -0.455. The van der Waals surface area contributed by atoms with Crippen molar-refractivity contribution in [2.45, 2.75) is 89.4 Å². The number of ether oxygens (including phenoxy) is 1. The summed E-state index contributed by atoms with van der Waals surface area (Å²) in [5.41, 5.74) is 1.44. The lowest BCUT2D eigenvalue weighted by Gasteiger charge is -2.30. The van der Waals surface area contributed by atoms with Crippen LogP contribution in [0.5, 0.6) is 0 Å². The maximum absolute atomic E-state index is 12.2. The Morgan fingerprint density at radius 2 is 1.62 bits per heavy atom. The number of allylic oxidation sites excluding steroid dienone is 2. The topological polar surface area (TPSA) is 50.4 Å². The number of esters is 1. The monoisotopic (exact) mass is 358 g/mol. The number of hydrogen-bond donors (Lipinski definition) is 2. The molecular weight excluding hydrogens is 324 g/mol. The van der Waals surface area contributed by atoms with Gasteiger partial charge in [0.25, 0.3) is 0 Å². The molecule has 3 rings (SSSR count). The normalized spacial score (nSPS) is 26.7. The second-order valence-electron chi connectivity index (χ2n) is 8.88. The zero-order valence-corrected chi connectivity index (χ0v) is 16.5. The van der Waals surface area contributed by atoms with Crippen molar-refractivity contribution in [2.24, 2.45) is 0 Å². The van der Waals surface area contributed by atoms with E-state index < -0.39 is 5.60 Å². The highest BCUT2D eigenvalue weighted by molar-refractivity contribution is 5.92. The van der Waals surface area contributed by atoms with Gasteiger partial charge in [-0.3, -0.25) is 0 Å². The molecule has 4 nitrogen and oxygen atoms in total. The molecule has 4 heteroatoms. The van der Waals surface area contributed by atoms with Gasteiger partial charge in [0.2, 0.25) is 0 Å². The van der Waals surface area contributed by atoms with Gasteiger partial charge in [-0.25, -0.2) is 4.79 Å². The van der Waals surface area contributed by atoms with Crippen molar-refractivity contribution in [3.8, 4) is 0 Å². The van der Waals surface area contributed by atoms with Crippen LogP contribution >= 0.6 is 0 Å². The van der Waals surface area contributed by atoms with Crippen LogP contribution in [-0.4, -0.2) is 36.2 Å². The molecule has 2 fully saturated rings. The van der Waals surface area contributed by atoms with Crippen LogP contribution in [0.1, 0.15) is 65.7 Å². The number of rotatable bonds is 6. The summed E-state index contributed by atoms with van der Waals surface area (Å²) in [7, 11) is 0. The number of carbonyl (C=O) groups excluding carboxylic acids is 1. The summed E-state index contributed by atoms with van der Waals surface area (Å²) in [6.45, 7) is 6.56. The second-order valence-corrected chi connectivity index (χ2v) is 8.88. The van der Waals surface area contributed by atoms with E-state index in [1.807, 2.05) is 32.9 Å². The molecule has 0 spiro atoms. The van der Waals surface area contributed by atoms with E-state index in [0.717, 1.165) is 25.0 Å². The number of carbonyl (C=O) groups is 1. The number of hydrogen-bond acceptors (Lipinski definition) is 4. The molecule has 0 aromatic carbocycles. The molecule has 0 unspecified atom stereocenters. The van der Waals surface area contributed by atoms with Gasteiger partial charge in [0.1, 0.15) is 5.60 Å². The quantitative estimate of drug-likeness (QED) is 0.709. The van der Waals surface area contributed by atoms with Crippen molar-refractivity contribution in [1.29, 1.82) is 0 Å². The molecule has 0 aliphatic heterocycles. The largest absolute Gasteiger partial charge is 0.456 e. The predicted octanol–water partition coefficient (Wildman–Crippen LogP) is 3.79. The van der Waals surface area contributed by atoms with Crippen LogP contribution in [0.3, 0.4) is 0 Å². The fourth-order valence-electron chi connectivity index (χ4n) is 3.60. The van der Waals surface area contributed by atoms with E-state index in [1.54, 1.807) is 0 Å². The van der Waals surface area contributed by atoms with Gasteiger partial charge >= 0.3 is 5.97 Å².